The number of rotatable bonds is 6. The monoisotopic (exact) mass is 383 g/mol. The highest BCUT2D eigenvalue weighted by molar-refractivity contribution is 6.06. The molecule has 146 valence electrons. The van der Waals surface area contributed by atoms with Crippen molar-refractivity contribution >= 4 is 23.0 Å². The topological polar surface area (TPSA) is 118 Å². The van der Waals surface area contributed by atoms with Crippen molar-refractivity contribution in [3.63, 3.8) is 0 Å². The van der Waals surface area contributed by atoms with Gasteiger partial charge in [0.1, 0.15) is 17.1 Å². The molecule has 0 atom stereocenters. The van der Waals surface area contributed by atoms with E-state index in [0.29, 0.717) is 39.8 Å². The first kappa shape index (κ1) is 18.2. The average Bonchev–Trinajstić information content (AvgIpc) is 3.29. The van der Waals surface area contributed by atoms with Crippen molar-refractivity contribution in [2.45, 2.75) is 52.0 Å². The average molecular weight is 383 g/mol. The van der Waals surface area contributed by atoms with Gasteiger partial charge in [0.2, 0.25) is 0 Å². The van der Waals surface area contributed by atoms with Gasteiger partial charge in [-0.25, -0.2) is 9.78 Å². The molecule has 28 heavy (non-hydrogen) atoms. The van der Waals surface area contributed by atoms with Crippen molar-refractivity contribution in [1.29, 1.82) is 0 Å². The summed E-state index contributed by atoms with van der Waals surface area (Å²) in [5.74, 6) is -0.243. The zero-order valence-electron chi connectivity index (χ0n) is 15.9. The Morgan fingerprint density at radius 3 is 2.64 bits per heavy atom. The molecule has 3 heterocycles. The minimum Gasteiger partial charge on any atom is -0.478 e. The van der Waals surface area contributed by atoms with E-state index in [1.165, 1.54) is 6.07 Å². The van der Waals surface area contributed by atoms with Crippen LogP contribution in [0.2, 0.25) is 0 Å². The third-order valence-corrected chi connectivity index (χ3v) is 4.90. The van der Waals surface area contributed by atoms with Crippen LogP contribution in [0.3, 0.4) is 0 Å². The summed E-state index contributed by atoms with van der Waals surface area (Å²) < 4.78 is 10.8. The van der Waals surface area contributed by atoms with Gasteiger partial charge in [0.25, 0.3) is 11.6 Å². The van der Waals surface area contributed by atoms with E-state index in [-0.39, 0.29) is 23.9 Å². The second-order valence-electron chi connectivity index (χ2n) is 7.44. The molecule has 8 nitrogen and oxygen atoms in total. The van der Waals surface area contributed by atoms with Gasteiger partial charge in [-0.2, -0.15) is 0 Å². The summed E-state index contributed by atoms with van der Waals surface area (Å²) in [6.45, 7) is 5.62. The Labute approximate surface area is 160 Å². The number of carboxylic acid groups (broad SMARTS) is 1. The highest BCUT2D eigenvalue weighted by Crippen LogP contribution is 2.41. The fourth-order valence-corrected chi connectivity index (χ4v) is 3.26. The molecule has 2 N–H and O–H groups in total. The highest BCUT2D eigenvalue weighted by atomic mass is 16.5. The number of nitrogens with one attached hydrogen (secondary N) is 1. The summed E-state index contributed by atoms with van der Waals surface area (Å²) in [7, 11) is 0. The van der Waals surface area contributed by atoms with Crippen LogP contribution in [-0.4, -0.2) is 27.1 Å². The largest absolute Gasteiger partial charge is 0.478 e. The van der Waals surface area contributed by atoms with E-state index in [1.54, 1.807) is 6.92 Å². The van der Waals surface area contributed by atoms with Crippen molar-refractivity contribution in [2.75, 3.05) is 0 Å². The summed E-state index contributed by atoms with van der Waals surface area (Å²) in [6.07, 6.45) is 2.10. The summed E-state index contributed by atoms with van der Waals surface area (Å²) in [6, 6.07) is 3.24. The van der Waals surface area contributed by atoms with Crippen molar-refractivity contribution in [1.82, 2.24) is 15.5 Å². The quantitative estimate of drug-likeness (QED) is 0.665. The third kappa shape index (κ3) is 3.26. The lowest BCUT2D eigenvalue weighted by atomic mass is 10.0. The van der Waals surface area contributed by atoms with Crippen LogP contribution in [-0.2, 0) is 6.54 Å². The third-order valence-electron chi connectivity index (χ3n) is 4.90. The molecule has 0 unspecified atom stereocenters. The molecule has 3 aromatic rings. The molecule has 1 fully saturated rings. The maximum Gasteiger partial charge on any atom is 0.339 e. The Balaban J connectivity index is 1.65. The molecule has 0 radical (unpaired) electrons. The molecular weight excluding hydrogens is 362 g/mol. The SMILES string of the molecule is Cc1oc(CNC(=O)c2cc(C3CC3)nc3onc(C(C)C)c23)cc1C(=O)O. The molecule has 0 bridgehead atoms. The van der Waals surface area contributed by atoms with Crippen molar-refractivity contribution in [3.05, 3.63) is 46.2 Å². The minimum absolute atomic E-state index is 0.0761. The number of amides is 1. The first-order chi connectivity index (χ1) is 13.3. The van der Waals surface area contributed by atoms with Gasteiger partial charge in [-0.15, -0.1) is 0 Å². The Bertz CT molecular complexity index is 1080. The van der Waals surface area contributed by atoms with Crippen molar-refractivity contribution < 1.29 is 23.6 Å². The van der Waals surface area contributed by atoms with Crippen LogP contribution in [0.15, 0.2) is 21.1 Å². The van der Waals surface area contributed by atoms with Gasteiger partial charge in [-0.3, -0.25) is 4.79 Å². The zero-order valence-corrected chi connectivity index (χ0v) is 15.9. The number of carbonyl (C=O) groups excluding carboxylic acids is 1. The summed E-state index contributed by atoms with van der Waals surface area (Å²) in [5, 5.41) is 16.7. The molecule has 4 rings (SSSR count). The lowest BCUT2D eigenvalue weighted by molar-refractivity contribution is 0.0694. The molecule has 1 saturated carbocycles. The van der Waals surface area contributed by atoms with E-state index >= 15 is 0 Å². The summed E-state index contributed by atoms with van der Waals surface area (Å²) in [5.41, 5.74) is 2.47. The minimum atomic E-state index is -1.06. The van der Waals surface area contributed by atoms with E-state index in [0.717, 1.165) is 18.5 Å². The van der Waals surface area contributed by atoms with Crippen LogP contribution in [0.25, 0.3) is 11.1 Å². The lowest BCUT2D eigenvalue weighted by Crippen LogP contribution is -2.23. The molecule has 8 heteroatoms. The summed E-state index contributed by atoms with van der Waals surface area (Å²) >= 11 is 0. The maximum atomic E-state index is 13.0. The zero-order chi connectivity index (χ0) is 20.0. The molecular formula is C20H21N3O5. The van der Waals surface area contributed by atoms with Gasteiger partial charge in [-0.1, -0.05) is 19.0 Å². The van der Waals surface area contributed by atoms with Crippen LogP contribution in [0.5, 0.6) is 0 Å². The predicted octanol–water partition coefficient (Wildman–Crippen LogP) is 3.75. The van der Waals surface area contributed by atoms with Gasteiger partial charge < -0.3 is 19.4 Å². The van der Waals surface area contributed by atoms with E-state index in [4.69, 9.17) is 14.0 Å². The highest BCUT2D eigenvalue weighted by Gasteiger charge is 2.29. The number of fused-ring (bicyclic) bond motifs is 1. The number of carboxylic acids is 1. The normalized spacial score (nSPS) is 14.0. The Hall–Kier alpha value is -3.16. The number of carbonyl (C=O) groups is 2. The molecule has 3 aromatic heterocycles. The van der Waals surface area contributed by atoms with Crippen LogP contribution in [0.4, 0.5) is 0 Å². The Morgan fingerprint density at radius 1 is 1.29 bits per heavy atom. The number of aryl methyl sites for hydroxylation is 1. The van der Waals surface area contributed by atoms with Crippen LogP contribution < -0.4 is 5.32 Å². The van der Waals surface area contributed by atoms with Gasteiger partial charge in [0, 0.05) is 11.6 Å². The predicted molar refractivity (Wildman–Crippen MR) is 99.4 cm³/mol. The first-order valence-electron chi connectivity index (χ1n) is 9.26. The van der Waals surface area contributed by atoms with Crippen LogP contribution >= 0.6 is 0 Å². The van der Waals surface area contributed by atoms with Crippen LogP contribution in [0, 0.1) is 6.92 Å². The molecule has 0 aliphatic heterocycles. The van der Waals surface area contributed by atoms with E-state index in [9.17, 15) is 9.59 Å². The Kier molecular flexibility index (Phi) is 4.41. The molecule has 1 aliphatic carbocycles. The first-order valence-corrected chi connectivity index (χ1v) is 9.26. The van der Waals surface area contributed by atoms with Crippen LogP contribution in [0.1, 0.15) is 82.1 Å². The van der Waals surface area contributed by atoms with Crippen molar-refractivity contribution in [2.24, 2.45) is 0 Å². The summed E-state index contributed by atoms with van der Waals surface area (Å²) in [4.78, 5) is 28.7. The van der Waals surface area contributed by atoms with Gasteiger partial charge >= 0.3 is 5.97 Å². The van der Waals surface area contributed by atoms with Crippen molar-refractivity contribution in [3.8, 4) is 0 Å². The smallest absolute Gasteiger partial charge is 0.339 e. The number of hydrogen-bond donors (Lipinski definition) is 2. The van der Waals surface area contributed by atoms with Gasteiger partial charge in [0.05, 0.1) is 23.2 Å². The fourth-order valence-electron chi connectivity index (χ4n) is 3.26. The number of furan rings is 1. The maximum absolute atomic E-state index is 13.0. The second-order valence-corrected chi connectivity index (χ2v) is 7.44. The molecule has 0 saturated heterocycles. The van der Waals surface area contributed by atoms with Gasteiger partial charge in [-0.05, 0) is 37.8 Å². The Morgan fingerprint density at radius 2 is 2.04 bits per heavy atom. The molecule has 1 amide bonds. The fraction of sp³-hybridized carbons (Fsp3) is 0.400. The molecule has 1 aliphatic rings. The second kappa shape index (κ2) is 6.78. The van der Waals surface area contributed by atoms with E-state index in [2.05, 4.69) is 15.5 Å². The number of pyridine rings is 1. The number of hydrogen-bond acceptors (Lipinski definition) is 6. The standard InChI is InChI=1S/C20H21N3O5/c1-9(2)17-16-14(7-15(11-4-5-11)22-19(16)28-23-17)18(24)21-8-12-6-13(20(25)26)10(3)27-12/h6-7,9,11H,4-5,8H2,1-3H3,(H,21,24)(H,25,26). The van der Waals surface area contributed by atoms with E-state index < -0.39 is 5.97 Å². The van der Waals surface area contributed by atoms with E-state index in [1.807, 2.05) is 19.9 Å². The number of aromatic nitrogens is 2. The number of nitrogens with zero attached hydrogens (tertiary/aromatic N) is 2. The molecule has 0 spiro atoms. The lowest BCUT2D eigenvalue weighted by Gasteiger charge is -2.08. The number of aromatic carboxylic acids is 1. The van der Waals surface area contributed by atoms with Gasteiger partial charge in [0.15, 0.2) is 0 Å². The molecule has 0 aromatic carbocycles.